The molecule has 1 aliphatic heterocycles. The maximum absolute atomic E-state index is 13.1. The van der Waals surface area contributed by atoms with Gasteiger partial charge in [0.15, 0.2) is 0 Å². The van der Waals surface area contributed by atoms with Gasteiger partial charge in [0.25, 0.3) is 0 Å². The van der Waals surface area contributed by atoms with E-state index in [4.69, 9.17) is 0 Å². The molecule has 1 aromatic rings. The summed E-state index contributed by atoms with van der Waals surface area (Å²) >= 11 is 0. The lowest BCUT2D eigenvalue weighted by Gasteiger charge is -2.27. The summed E-state index contributed by atoms with van der Waals surface area (Å²) in [5, 5.41) is 3.35. The highest BCUT2D eigenvalue weighted by Crippen LogP contribution is 2.12. The lowest BCUT2D eigenvalue weighted by molar-refractivity contribution is -0.129. The first-order valence-electron chi connectivity index (χ1n) is 6.84. The molecule has 1 saturated heterocycles. The van der Waals surface area contributed by atoms with Crippen LogP contribution in [0.2, 0.25) is 0 Å². The minimum Gasteiger partial charge on any atom is -0.345 e. The zero-order chi connectivity index (χ0) is 13.7. The highest BCUT2D eigenvalue weighted by atomic mass is 19.1. The summed E-state index contributed by atoms with van der Waals surface area (Å²) in [4.78, 5) is 13.8. The average Bonchev–Trinajstić information content (AvgIpc) is 2.40. The smallest absolute Gasteiger partial charge is 0.226 e. The monoisotopic (exact) mass is 264 g/mol. The van der Waals surface area contributed by atoms with E-state index < -0.39 is 0 Å². The van der Waals surface area contributed by atoms with Gasteiger partial charge in [-0.15, -0.1) is 0 Å². The summed E-state index contributed by atoms with van der Waals surface area (Å²) in [6.45, 7) is 2.84. The zero-order valence-electron chi connectivity index (χ0n) is 11.4. The number of halogens is 1. The van der Waals surface area contributed by atoms with Gasteiger partial charge in [0.1, 0.15) is 5.82 Å². The SMILES string of the molecule is CN(CC1CCCNC1)C(=O)Cc1cccc(F)c1. The van der Waals surface area contributed by atoms with Crippen LogP contribution in [0.3, 0.4) is 0 Å². The fraction of sp³-hybridized carbons (Fsp3) is 0.533. The van der Waals surface area contributed by atoms with Crippen LogP contribution in [-0.2, 0) is 11.2 Å². The molecule has 19 heavy (non-hydrogen) atoms. The van der Waals surface area contributed by atoms with Gasteiger partial charge in [0.05, 0.1) is 6.42 Å². The molecule has 0 radical (unpaired) electrons. The normalized spacial score (nSPS) is 19.2. The third kappa shape index (κ3) is 4.31. The second-order valence-electron chi connectivity index (χ2n) is 5.29. The molecule has 1 heterocycles. The van der Waals surface area contributed by atoms with Crippen LogP contribution >= 0.6 is 0 Å². The molecule has 4 heteroatoms. The molecule has 104 valence electrons. The van der Waals surface area contributed by atoms with E-state index in [-0.39, 0.29) is 18.1 Å². The van der Waals surface area contributed by atoms with Crippen molar-refractivity contribution >= 4 is 5.91 Å². The predicted octanol–water partition coefficient (Wildman–Crippen LogP) is 1.83. The van der Waals surface area contributed by atoms with Crippen molar-refractivity contribution in [3.63, 3.8) is 0 Å². The number of carbonyl (C=O) groups excluding carboxylic acids is 1. The number of benzene rings is 1. The predicted molar refractivity (Wildman–Crippen MR) is 73.3 cm³/mol. The summed E-state index contributed by atoms with van der Waals surface area (Å²) < 4.78 is 13.1. The Kier molecular flexibility index (Phi) is 4.91. The Morgan fingerprint density at radius 3 is 3.05 bits per heavy atom. The van der Waals surface area contributed by atoms with E-state index in [0.717, 1.165) is 25.2 Å². The average molecular weight is 264 g/mol. The van der Waals surface area contributed by atoms with Crippen LogP contribution in [0, 0.1) is 11.7 Å². The molecule has 0 saturated carbocycles. The number of rotatable bonds is 4. The number of nitrogens with zero attached hydrogens (tertiary/aromatic N) is 1. The van der Waals surface area contributed by atoms with Crippen molar-refractivity contribution in [1.82, 2.24) is 10.2 Å². The molecule has 1 N–H and O–H groups in total. The van der Waals surface area contributed by atoms with Gasteiger partial charge in [-0.05, 0) is 49.5 Å². The fourth-order valence-corrected chi connectivity index (χ4v) is 2.53. The number of amides is 1. The highest BCUT2D eigenvalue weighted by molar-refractivity contribution is 5.78. The van der Waals surface area contributed by atoms with E-state index in [1.54, 1.807) is 17.0 Å². The first kappa shape index (κ1) is 14.0. The van der Waals surface area contributed by atoms with Crippen molar-refractivity contribution in [2.75, 3.05) is 26.7 Å². The van der Waals surface area contributed by atoms with Gasteiger partial charge in [0, 0.05) is 13.6 Å². The van der Waals surface area contributed by atoms with E-state index in [9.17, 15) is 9.18 Å². The molecule has 1 unspecified atom stereocenters. The Hall–Kier alpha value is -1.42. The largest absolute Gasteiger partial charge is 0.345 e. The number of hydrogen-bond donors (Lipinski definition) is 1. The Morgan fingerprint density at radius 1 is 1.53 bits per heavy atom. The van der Waals surface area contributed by atoms with Gasteiger partial charge in [-0.1, -0.05) is 12.1 Å². The van der Waals surface area contributed by atoms with Crippen molar-refractivity contribution < 1.29 is 9.18 Å². The topological polar surface area (TPSA) is 32.3 Å². The molecule has 1 fully saturated rings. The molecule has 0 aliphatic carbocycles. The van der Waals surface area contributed by atoms with Crippen molar-refractivity contribution in [1.29, 1.82) is 0 Å². The van der Waals surface area contributed by atoms with E-state index in [2.05, 4.69) is 5.32 Å². The van der Waals surface area contributed by atoms with Crippen LogP contribution in [0.1, 0.15) is 18.4 Å². The Bertz CT molecular complexity index is 430. The maximum atomic E-state index is 13.1. The highest BCUT2D eigenvalue weighted by Gasteiger charge is 2.18. The molecule has 3 nitrogen and oxygen atoms in total. The molecule has 0 spiro atoms. The molecule has 0 bridgehead atoms. The second-order valence-corrected chi connectivity index (χ2v) is 5.29. The molecular formula is C15H21FN2O. The molecule has 1 amide bonds. The number of hydrogen-bond acceptors (Lipinski definition) is 2. The van der Waals surface area contributed by atoms with Crippen molar-refractivity contribution in [2.24, 2.45) is 5.92 Å². The lowest BCUT2D eigenvalue weighted by atomic mass is 9.99. The van der Waals surface area contributed by atoms with Crippen LogP contribution in [0.25, 0.3) is 0 Å². The Labute approximate surface area is 113 Å². The van der Waals surface area contributed by atoms with E-state index >= 15 is 0 Å². The summed E-state index contributed by atoms with van der Waals surface area (Å²) in [7, 11) is 1.83. The number of carbonyl (C=O) groups is 1. The maximum Gasteiger partial charge on any atom is 0.226 e. The molecule has 1 atom stereocenters. The van der Waals surface area contributed by atoms with Gasteiger partial charge in [-0.25, -0.2) is 4.39 Å². The molecule has 2 rings (SSSR count). The third-order valence-corrected chi connectivity index (χ3v) is 3.60. The van der Waals surface area contributed by atoms with Gasteiger partial charge in [0.2, 0.25) is 5.91 Å². The van der Waals surface area contributed by atoms with Gasteiger partial charge < -0.3 is 10.2 Å². The van der Waals surface area contributed by atoms with E-state index in [1.165, 1.54) is 25.0 Å². The molecule has 0 aromatic heterocycles. The van der Waals surface area contributed by atoms with Gasteiger partial charge in [-0.2, -0.15) is 0 Å². The molecule has 1 aliphatic rings. The van der Waals surface area contributed by atoms with Gasteiger partial charge in [-0.3, -0.25) is 4.79 Å². The van der Waals surface area contributed by atoms with Crippen LogP contribution in [0.4, 0.5) is 4.39 Å². The summed E-state index contributed by atoms with van der Waals surface area (Å²) in [5.41, 5.74) is 0.735. The summed E-state index contributed by atoms with van der Waals surface area (Å²) in [5.74, 6) is 0.302. The quantitative estimate of drug-likeness (QED) is 0.900. The van der Waals surface area contributed by atoms with E-state index in [0.29, 0.717) is 5.92 Å². The summed E-state index contributed by atoms with van der Waals surface area (Å²) in [6.07, 6.45) is 2.62. The lowest BCUT2D eigenvalue weighted by Crippen LogP contribution is -2.39. The molecular weight excluding hydrogens is 243 g/mol. The minimum atomic E-state index is -0.288. The third-order valence-electron chi connectivity index (χ3n) is 3.60. The Morgan fingerprint density at radius 2 is 2.37 bits per heavy atom. The number of nitrogens with one attached hydrogen (secondary N) is 1. The van der Waals surface area contributed by atoms with Crippen LogP contribution in [0.5, 0.6) is 0 Å². The van der Waals surface area contributed by atoms with Gasteiger partial charge >= 0.3 is 0 Å². The molecule has 1 aromatic carbocycles. The second kappa shape index (κ2) is 6.66. The number of likely N-dealkylation sites (N-methyl/N-ethyl adjacent to an activating group) is 1. The Balaban J connectivity index is 1.84. The van der Waals surface area contributed by atoms with Crippen molar-refractivity contribution in [3.05, 3.63) is 35.6 Å². The zero-order valence-corrected chi connectivity index (χ0v) is 11.4. The van der Waals surface area contributed by atoms with Crippen LogP contribution in [0.15, 0.2) is 24.3 Å². The van der Waals surface area contributed by atoms with Crippen molar-refractivity contribution in [3.8, 4) is 0 Å². The standard InChI is InChI=1S/C15H21FN2O/c1-18(11-13-5-3-7-17-10-13)15(19)9-12-4-2-6-14(16)8-12/h2,4,6,8,13,17H,3,5,7,9-11H2,1H3. The van der Waals surface area contributed by atoms with E-state index in [1.807, 2.05) is 7.05 Å². The van der Waals surface area contributed by atoms with Crippen LogP contribution < -0.4 is 5.32 Å². The minimum absolute atomic E-state index is 0.0520. The number of piperidine rings is 1. The van der Waals surface area contributed by atoms with Crippen LogP contribution in [-0.4, -0.2) is 37.5 Å². The first-order chi connectivity index (χ1) is 9.15. The fourth-order valence-electron chi connectivity index (χ4n) is 2.53. The summed E-state index contributed by atoms with van der Waals surface area (Å²) in [6, 6.07) is 6.25. The van der Waals surface area contributed by atoms with Crippen molar-refractivity contribution in [2.45, 2.75) is 19.3 Å². The first-order valence-corrected chi connectivity index (χ1v) is 6.84.